The van der Waals surface area contributed by atoms with Crippen LogP contribution in [0.5, 0.6) is 5.75 Å². The molecule has 0 spiro atoms. The maximum absolute atomic E-state index is 13.1. The van der Waals surface area contributed by atoms with Crippen LogP contribution in [0.15, 0.2) is 45.8 Å². The number of fused-ring (bicyclic) bond motifs is 1. The summed E-state index contributed by atoms with van der Waals surface area (Å²) in [6.45, 7) is 1.81. The van der Waals surface area contributed by atoms with Crippen LogP contribution >= 0.6 is 11.6 Å². The molecule has 9 nitrogen and oxygen atoms in total. The van der Waals surface area contributed by atoms with Crippen molar-refractivity contribution in [3.8, 4) is 5.75 Å². The number of rotatable bonds is 7. The second-order valence-electron chi connectivity index (χ2n) is 8.00. The number of carbonyl (C=O) groups excluding carboxylic acids is 1. The summed E-state index contributed by atoms with van der Waals surface area (Å²) >= 11 is 6.38. The highest BCUT2D eigenvalue weighted by atomic mass is 35.5. The van der Waals surface area contributed by atoms with Gasteiger partial charge in [0.25, 0.3) is 15.9 Å². The summed E-state index contributed by atoms with van der Waals surface area (Å²) in [6, 6.07) is 9.87. The predicted molar refractivity (Wildman–Crippen MR) is 121 cm³/mol. The van der Waals surface area contributed by atoms with Gasteiger partial charge in [-0.2, -0.15) is 4.98 Å². The lowest BCUT2D eigenvalue weighted by Crippen LogP contribution is -2.38. The molecule has 1 aliphatic carbocycles. The molecular formula is C22H21ClN4O5S. The average molecular weight is 489 g/mol. The highest BCUT2D eigenvalue weighted by molar-refractivity contribution is 7.92. The second-order valence-corrected chi connectivity index (χ2v) is 10.1. The van der Waals surface area contributed by atoms with Gasteiger partial charge in [-0.15, -0.1) is 0 Å². The Hall–Kier alpha value is -3.11. The summed E-state index contributed by atoms with van der Waals surface area (Å²) in [4.78, 5) is 18.2. The first-order valence-electron chi connectivity index (χ1n) is 10.5. The number of hydrogen-bond acceptors (Lipinski definition) is 7. The molecule has 0 saturated heterocycles. The third-order valence-corrected chi connectivity index (χ3v) is 7.39. The van der Waals surface area contributed by atoms with E-state index in [-0.39, 0.29) is 34.7 Å². The maximum atomic E-state index is 13.1. The quantitative estimate of drug-likeness (QED) is 0.536. The van der Waals surface area contributed by atoms with Crippen LogP contribution in [0, 0.1) is 0 Å². The number of benzene rings is 2. The first-order chi connectivity index (χ1) is 15.8. The number of aromatic nitrogens is 2. The van der Waals surface area contributed by atoms with E-state index in [0.29, 0.717) is 29.0 Å². The summed E-state index contributed by atoms with van der Waals surface area (Å²) in [5.41, 5.74) is 1.78. The Bertz CT molecular complexity index is 1340. The monoisotopic (exact) mass is 488 g/mol. The van der Waals surface area contributed by atoms with Crippen molar-refractivity contribution >= 4 is 38.9 Å². The number of aryl methyl sites for hydroxylation is 1. The Balaban J connectivity index is 1.44. The molecule has 1 amide bonds. The number of halogens is 1. The number of anilines is 2. The first-order valence-corrected chi connectivity index (χ1v) is 12.4. The van der Waals surface area contributed by atoms with Crippen LogP contribution in [0.4, 0.5) is 11.4 Å². The molecule has 2 aromatic carbocycles. The van der Waals surface area contributed by atoms with E-state index in [1.807, 2.05) is 13.0 Å². The second kappa shape index (κ2) is 8.35. The molecule has 1 aromatic heterocycles. The summed E-state index contributed by atoms with van der Waals surface area (Å²) in [6.07, 6.45) is 2.81. The number of amides is 1. The van der Waals surface area contributed by atoms with Crippen LogP contribution in [0.3, 0.4) is 0 Å². The van der Waals surface area contributed by atoms with Crippen LogP contribution < -0.4 is 14.4 Å². The number of nitrogens with one attached hydrogen (secondary N) is 1. The molecule has 0 radical (unpaired) electrons. The van der Waals surface area contributed by atoms with Crippen LogP contribution in [-0.4, -0.2) is 31.1 Å². The number of sulfonamides is 1. The van der Waals surface area contributed by atoms with E-state index < -0.39 is 10.0 Å². The average Bonchev–Trinajstić information content (AvgIpc) is 3.53. The summed E-state index contributed by atoms with van der Waals surface area (Å²) < 4.78 is 39.5. The van der Waals surface area contributed by atoms with Crippen molar-refractivity contribution in [3.63, 3.8) is 0 Å². The van der Waals surface area contributed by atoms with Gasteiger partial charge in [0.1, 0.15) is 10.6 Å². The molecule has 2 aliphatic rings. The Kier molecular flexibility index (Phi) is 5.49. The van der Waals surface area contributed by atoms with Gasteiger partial charge in [0, 0.05) is 17.7 Å². The highest BCUT2D eigenvalue weighted by Crippen LogP contribution is 2.41. The summed E-state index contributed by atoms with van der Waals surface area (Å²) in [5.74, 6) is 1.15. The van der Waals surface area contributed by atoms with Crippen molar-refractivity contribution in [2.45, 2.75) is 43.5 Å². The van der Waals surface area contributed by atoms with Gasteiger partial charge in [0.15, 0.2) is 12.4 Å². The van der Waals surface area contributed by atoms with Gasteiger partial charge in [-0.05, 0) is 43.0 Å². The minimum Gasteiger partial charge on any atom is -0.482 e. The normalized spacial score (nSPS) is 15.8. The molecule has 1 aliphatic heterocycles. The molecule has 0 atom stereocenters. The van der Waals surface area contributed by atoms with Crippen molar-refractivity contribution in [3.05, 3.63) is 58.7 Å². The lowest BCUT2D eigenvalue weighted by molar-refractivity contribution is -0.121. The van der Waals surface area contributed by atoms with Gasteiger partial charge in [0.2, 0.25) is 5.89 Å². The van der Waals surface area contributed by atoms with Crippen molar-refractivity contribution in [2.75, 3.05) is 16.2 Å². The topological polar surface area (TPSA) is 115 Å². The summed E-state index contributed by atoms with van der Waals surface area (Å²) in [5, 5.41) is 3.92. The van der Waals surface area contributed by atoms with Gasteiger partial charge in [-0.3, -0.25) is 14.4 Å². The zero-order valence-corrected chi connectivity index (χ0v) is 19.3. The fourth-order valence-corrected chi connectivity index (χ4v) is 5.20. The van der Waals surface area contributed by atoms with Gasteiger partial charge in [0.05, 0.1) is 17.3 Å². The SMILES string of the molecule is CCc1cccc(NS(=O)(=O)c2cc3c(cc2Cl)N(Cc2noc(C4CC4)n2)C(=O)CO3)c1. The third kappa shape index (κ3) is 4.40. The highest BCUT2D eigenvalue weighted by Gasteiger charge is 2.33. The predicted octanol–water partition coefficient (Wildman–Crippen LogP) is 3.89. The van der Waals surface area contributed by atoms with E-state index in [1.165, 1.54) is 17.0 Å². The van der Waals surface area contributed by atoms with Gasteiger partial charge in [-0.1, -0.05) is 35.8 Å². The number of nitrogens with zero attached hydrogens (tertiary/aromatic N) is 3. The minimum absolute atomic E-state index is 0.0389. The van der Waals surface area contributed by atoms with Crippen molar-refractivity contribution in [1.82, 2.24) is 10.1 Å². The van der Waals surface area contributed by atoms with E-state index in [4.69, 9.17) is 20.9 Å². The van der Waals surface area contributed by atoms with Crippen molar-refractivity contribution in [1.29, 1.82) is 0 Å². The molecule has 0 unspecified atom stereocenters. The Morgan fingerprint density at radius 3 is 2.82 bits per heavy atom. The molecule has 11 heteroatoms. The fraction of sp³-hybridized carbons (Fsp3) is 0.318. The Morgan fingerprint density at radius 2 is 2.06 bits per heavy atom. The molecule has 1 fully saturated rings. The zero-order chi connectivity index (χ0) is 23.2. The van der Waals surface area contributed by atoms with Gasteiger partial charge < -0.3 is 9.26 Å². The standard InChI is InChI=1S/C22H21ClN4O5S/c1-2-13-4-3-5-15(8-13)26-33(29,30)19-10-18-17(9-16(19)23)27(21(28)12-31-18)11-20-24-22(32-25-20)14-6-7-14/h3-5,8-10,14,26H,2,6-7,11-12H2,1H3. The van der Waals surface area contributed by atoms with Crippen molar-refractivity contribution in [2.24, 2.45) is 0 Å². The molecule has 172 valence electrons. The molecule has 0 bridgehead atoms. The van der Waals surface area contributed by atoms with E-state index in [1.54, 1.807) is 18.2 Å². The smallest absolute Gasteiger partial charge is 0.265 e. The minimum atomic E-state index is -4.00. The van der Waals surface area contributed by atoms with Gasteiger partial charge >= 0.3 is 0 Å². The van der Waals surface area contributed by atoms with Crippen LogP contribution in [0.2, 0.25) is 5.02 Å². The number of ether oxygens (including phenoxy) is 1. The third-order valence-electron chi connectivity index (χ3n) is 5.54. The van der Waals surface area contributed by atoms with E-state index in [9.17, 15) is 13.2 Å². The largest absolute Gasteiger partial charge is 0.482 e. The Labute approximate surface area is 195 Å². The molecule has 1 saturated carbocycles. The number of carbonyl (C=O) groups is 1. The Morgan fingerprint density at radius 1 is 1.24 bits per heavy atom. The molecule has 3 aromatic rings. The van der Waals surface area contributed by atoms with Crippen LogP contribution in [-0.2, 0) is 27.8 Å². The van der Waals surface area contributed by atoms with Crippen LogP contribution in [0.25, 0.3) is 0 Å². The molecular weight excluding hydrogens is 468 g/mol. The van der Waals surface area contributed by atoms with E-state index >= 15 is 0 Å². The molecule has 33 heavy (non-hydrogen) atoms. The molecule has 2 heterocycles. The molecule has 5 rings (SSSR count). The molecule has 1 N–H and O–H groups in total. The van der Waals surface area contributed by atoms with Crippen molar-refractivity contribution < 1.29 is 22.5 Å². The maximum Gasteiger partial charge on any atom is 0.265 e. The first kappa shape index (κ1) is 21.7. The zero-order valence-electron chi connectivity index (χ0n) is 17.7. The lowest BCUT2D eigenvalue weighted by atomic mass is 10.1. The van der Waals surface area contributed by atoms with E-state index in [2.05, 4.69) is 14.9 Å². The summed E-state index contributed by atoms with van der Waals surface area (Å²) in [7, 11) is -4.00. The fourth-order valence-electron chi connectivity index (χ4n) is 3.62. The van der Waals surface area contributed by atoms with Crippen LogP contribution in [0.1, 0.15) is 43.0 Å². The lowest BCUT2D eigenvalue weighted by Gasteiger charge is -2.29. The van der Waals surface area contributed by atoms with E-state index in [0.717, 1.165) is 24.8 Å². The van der Waals surface area contributed by atoms with Gasteiger partial charge in [-0.25, -0.2) is 8.42 Å². The number of hydrogen-bond donors (Lipinski definition) is 1.